The molecule has 0 spiro atoms. The zero-order valence-corrected chi connectivity index (χ0v) is 15.6. The number of carbonyl (C=O) groups excluding carboxylic acids is 2. The van der Waals surface area contributed by atoms with Crippen molar-refractivity contribution < 1.29 is 14.7 Å². The smallest absolute Gasteiger partial charge is 0.276 e. The van der Waals surface area contributed by atoms with Crippen molar-refractivity contribution in [3.8, 4) is 18.2 Å². The molecule has 0 aliphatic heterocycles. The molecule has 146 valence electrons. The standard InChI is InChI=1S/C18H14ClN7O3/c1-2-11-9-13(15(23-16(11)19)18(29)21-6-8-27)22-17(28)12-3-4-14(25-24-12)26-7-5-20-10-26/h1,3-5,7,9-10,27H,6,8H2,(H,21,29)(H,22,28). The molecule has 0 atom stereocenters. The summed E-state index contributed by atoms with van der Waals surface area (Å²) in [6.45, 7) is -0.258. The van der Waals surface area contributed by atoms with Gasteiger partial charge in [-0.15, -0.1) is 16.6 Å². The number of nitrogens with one attached hydrogen (secondary N) is 2. The molecule has 0 aliphatic rings. The van der Waals surface area contributed by atoms with Crippen LogP contribution in [-0.4, -0.2) is 54.8 Å². The molecule has 10 nitrogen and oxygen atoms in total. The van der Waals surface area contributed by atoms with Gasteiger partial charge in [-0.1, -0.05) is 17.5 Å². The fraction of sp³-hybridized carbons (Fsp3) is 0.111. The van der Waals surface area contributed by atoms with E-state index in [0.717, 1.165) is 0 Å². The van der Waals surface area contributed by atoms with Gasteiger partial charge in [0.1, 0.15) is 11.5 Å². The van der Waals surface area contributed by atoms with Gasteiger partial charge in [-0.2, -0.15) is 0 Å². The Bertz CT molecular complexity index is 1080. The molecule has 29 heavy (non-hydrogen) atoms. The van der Waals surface area contributed by atoms with Crippen LogP contribution < -0.4 is 10.6 Å². The molecule has 3 aromatic heterocycles. The van der Waals surface area contributed by atoms with Crippen molar-refractivity contribution in [2.24, 2.45) is 0 Å². The van der Waals surface area contributed by atoms with Crippen molar-refractivity contribution in [1.29, 1.82) is 0 Å². The van der Waals surface area contributed by atoms with Gasteiger partial charge in [0.25, 0.3) is 11.8 Å². The largest absolute Gasteiger partial charge is 0.395 e. The zero-order chi connectivity index (χ0) is 20.8. The Labute approximate surface area is 170 Å². The Morgan fingerprint density at radius 2 is 2.10 bits per heavy atom. The van der Waals surface area contributed by atoms with Gasteiger partial charge in [-0.25, -0.2) is 9.97 Å². The molecular formula is C18H14ClN7O3. The third-order valence-electron chi connectivity index (χ3n) is 3.64. The number of aliphatic hydroxyl groups excluding tert-OH is 1. The highest BCUT2D eigenvalue weighted by Crippen LogP contribution is 2.22. The molecule has 0 bridgehead atoms. The van der Waals surface area contributed by atoms with Gasteiger partial charge in [-0.05, 0) is 18.2 Å². The summed E-state index contributed by atoms with van der Waals surface area (Å²) in [6.07, 6.45) is 10.2. The van der Waals surface area contributed by atoms with Crippen LogP contribution in [0.2, 0.25) is 5.15 Å². The number of amides is 2. The third kappa shape index (κ3) is 4.55. The summed E-state index contributed by atoms with van der Waals surface area (Å²) in [6, 6.07) is 4.41. The number of nitrogens with zero attached hydrogens (tertiary/aromatic N) is 5. The Morgan fingerprint density at radius 3 is 2.72 bits per heavy atom. The van der Waals surface area contributed by atoms with Crippen molar-refractivity contribution in [1.82, 2.24) is 30.0 Å². The monoisotopic (exact) mass is 411 g/mol. The number of aromatic nitrogens is 5. The molecule has 3 rings (SSSR count). The lowest BCUT2D eigenvalue weighted by Gasteiger charge is -2.12. The van der Waals surface area contributed by atoms with Crippen LogP contribution in [0, 0.1) is 12.3 Å². The van der Waals surface area contributed by atoms with E-state index in [1.165, 1.54) is 12.1 Å². The number of pyridine rings is 1. The first-order chi connectivity index (χ1) is 14.0. The number of aliphatic hydroxyl groups is 1. The van der Waals surface area contributed by atoms with Crippen molar-refractivity contribution >= 4 is 29.1 Å². The predicted molar refractivity (Wildman–Crippen MR) is 104 cm³/mol. The molecular weight excluding hydrogens is 398 g/mol. The molecule has 3 aromatic rings. The van der Waals surface area contributed by atoms with Gasteiger partial charge in [0.2, 0.25) is 0 Å². The second-order valence-corrected chi connectivity index (χ2v) is 5.91. The van der Waals surface area contributed by atoms with E-state index in [1.807, 2.05) is 0 Å². The number of anilines is 1. The molecule has 0 saturated carbocycles. The normalized spacial score (nSPS) is 10.2. The maximum atomic E-state index is 12.6. The van der Waals surface area contributed by atoms with E-state index in [1.54, 1.807) is 29.4 Å². The molecule has 0 aromatic carbocycles. The molecule has 0 saturated heterocycles. The van der Waals surface area contributed by atoms with Crippen LogP contribution in [0.15, 0.2) is 36.9 Å². The summed E-state index contributed by atoms with van der Waals surface area (Å²) in [5.74, 6) is 1.54. The van der Waals surface area contributed by atoms with E-state index in [4.69, 9.17) is 23.1 Å². The van der Waals surface area contributed by atoms with Crippen LogP contribution in [0.25, 0.3) is 5.82 Å². The highest BCUT2D eigenvalue weighted by atomic mass is 35.5. The SMILES string of the molecule is C#Cc1cc(NC(=O)c2ccc(-n3ccnc3)nn2)c(C(=O)NCCO)nc1Cl. The quantitative estimate of drug-likeness (QED) is 0.400. The molecule has 11 heteroatoms. The van der Waals surface area contributed by atoms with Crippen LogP contribution >= 0.6 is 11.6 Å². The number of rotatable bonds is 6. The van der Waals surface area contributed by atoms with Gasteiger partial charge in [0.05, 0.1) is 17.9 Å². The third-order valence-corrected chi connectivity index (χ3v) is 3.93. The van der Waals surface area contributed by atoms with Crippen LogP contribution in [0.5, 0.6) is 0 Å². The average molecular weight is 412 g/mol. The fourth-order valence-corrected chi connectivity index (χ4v) is 2.47. The van der Waals surface area contributed by atoms with E-state index < -0.39 is 11.8 Å². The predicted octanol–water partition coefficient (Wildman–Crippen LogP) is 0.666. The minimum Gasteiger partial charge on any atom is -0.395 e. The minimum atomic E-state index is -0.638. The summed E-state index contributed by atoms with van der Waals surface area (Å²) < 4.78 is 1.63. The maximum Gasteiger partial charge on any atom is 0.276 e. The first kappa shape index (κ1) is 19.9. The second-order valence-electron chi connectivity index (χ2n) is 5.55. The van der Waals surface area contributed by atoms with Gasteiger partial charge in [-0.3, -0.25) is 14.2 Å². The lowest BCUT2D eigenvalue weighted by Crippen LogP contribution is -2.29. The molecule has 0 fully saturated rings. The van der Waals surface area contributed by atoms with Gasteiger partial charge in [0.15, 0.2) is 17.2 Å². The first-order valence-corrected chi connectivity index (χ1v) is 8.61. The van der Waals surface area contributed by atoms with Gasteiger partial charge >= 0.3 is 0 Å². The number of halogens is 1. The maximum absolute atomic E-state index is 12.6. The topological polar surface area (TPSA) is 135 Å². The van der Waals surface area contributed by atoms with Crippen LogP contribution in [0.3, 0.4) is 0 Å². The van der Waals surface area contributed by atoms with Crippen LogP contribution in [-0.2, 0) is 0 Å². The van der Waals surface area contributed by atoms with E-state index in [0.29, 0.717) is 5.82 Å². The van der Waals surface area contributed by atoms with Crippen LogP contribution in [0.4, 0.5) is 5.69 Å². The minimum absolute atomic E-state index is 0.00357. The summed E-state index contributed by atoms with van der Waals surface area (Å²) in [4.78, 5) is 32.7. The average Bonchev–Trinajstić information content (AvgIpc) is 3.28. The highest BCUT2D eigenvalue weighted by molar-refractivity contribution is 6.31. The number of carbonyl (C=O) groups is 2. The summed E-state index contributed by atoms with van der Waals surface area (Å²) >= 11 is 5.97. The fourth-order valence-electron chi connectivity index (χ4n) is 2.28. The Morgan fingerprint density at radius 1 is 1.28 bits per heavy atom. The molecule has 0 radical (unpaired) electrons. The van der Waals surface area contributed by atoms with E-state index in [2.05, 4.69) is 36.7 Å². The molecule has 2 amide bonds. The lowest BCUT2D eigenvalue weighted by atomic mass is 10.2. The summed E-state index contributed by atoms with van der Waals surface area (Å²) in [7, 11) is 0. The first-order valence-electron chi connectivity index (χ1n) is 8.23. The van der Waals surface area contributed by atoms with E-state index in [-0.39, 0.29) is 40.9 Å². The highest BCUT2D eigenvalue weighted by Gasteiger charge is 2.19. The van der Waals surface area contributed by atoms with Crippen molar-refractivity contribution in [2.45, 2.75) is 0 Å². The number of hydrogen-bond donors (Lipinski definition) is 3. The number of terminal acetylenes is 1. The summed E-state index contributed by atoms with van der Waals surface area (Å²) in [5.41, 5.74) is 0.0945. The Hall–Kier alpha value is -3.81. The summed E-state index contributed by atoms with van der Waals surface area (Å²) in [5, 5.41) is 21.6. The Balaban J connectivity index is 1.87. The molecule has 3 heterocycles. The van der Waals surface area contributed by atoms with E-state index in [9.17, 15) is 9.59 Å². The van der Waals surface area contributed by atoms with Crippen molar-refractivity contribution in [2.75, 3.05) is 18.5 Å². The molecule has 0 unspecified atom stereocenters. The van der Waals surface area contributed by atoms with Gasteiger partial charge < -0.3 is 15.7 Å². The molecule has 0 aliphatic carbocycles. The zero-order valence-electron chi connectivity index (χ0n) is 14.8. The number of imidazole rings is 1. The van der Waals surface area contributed by atoms with Crippen molar-refractivity contribution in [3.05, 3.63) is 59.0 Å². The second kappa shape index (κ2) is 8.92. The Kier molecular flexibility index (Phi) is 6.13. The number of hydrogen-bond acceptors (Lipinski definition) is 7. The van der Waals surface area contributed by atoms with Gasteiger partial charge in [0, 0.05) is 18.9 Å². The molecule has 3 N–H and O–H groups in total. The van der Waals surface area contributed by atoms with Crippen molar-refractivity contribution in [3.63, 3.8) is 0 Å². The lowest BCUT2D eigenvalue weighted by molar-refractivity contribution is 0.0940. The van der Waals surface area contributed by atoms with Crippen LogP contribution in [0.1, 0.15) is 26.5 Å². The van der Waals surface area contributed by atoms with E-state index >= 15 is 0 Å².